The van der Waals surface area contributed by atoms with Gasteiger partial charge in [-0.15, -0.1) is 0 Å². The number of fused-ring (bicyclic) bond motifs is 3. The van der Waals surface area contributed by atoms with Crippen molar-refractivity contribution in [2.24, 2.45) is 0 Å². The number of ether oxygens (including phenoxy) is 1. The number of nitrogens with one attached hydrogen (secondary N) is 1. The van der Waals surface area contributed by atoms with E-state index in [4.69, 9.17) is 4.74 Å². The number of aryl methyl sites for hydroxylation is 1. The van der Waals surface area contributed by atoms with Crippen molar-refractivity contribution in [2.45, 2.75) is 27.3 Å². The average Bonchev–Trinajstić information content (AvgIpc) is 2.80. The monoisotopic (exact) mass is 296 g/mol. The fourth-order valence-electron chi connectivity index (χ4n) is 2.96. The van der Waals surface area contributed by atoms with E-state index in [9.17, 15) is 4.79 Å². The molecule has 1 amide bonds. The van der Waals surface area contributed by atoms with Gasteiger partial charge in [0.05, 0.1) is 6.61 Å². The third-order valence-electron chi connectivity index (χ3n) is 3.78. The van der Waals surface area contributed by atoms with Crippen molar-refractivity contribution in [3.63, 3.8) is 0 Å². The summed E-state index contributed by atoms with van der Waals surface area (Å²) in [5.74, 6) is 0.809. The Morgan fingerprint density at radius 1 is 1.09 bits per heavy atom. The highest BCUT2D eigenvalue weighted by Crippen LogP contribution is 2.33. The number of anilines is 1. The lowest BCUT2D eigenvalue weighted by atomic mass is 10.1. The summed E-state index contributed by atoms with van der Waals surface area (Å²) in [5.41, 5.74) is 3.16. The Kier molecular flexibility index (Phi) is 3.75. The molecule has 1 heterocycles. The molecule has 4 heteroatoms. The number of hydrogen-bond donors (Lipinski definition) is 1. The van der Waals surface area contributed by atoms with Crippen LogP contribution in [-0.4, -0.2) is 17.1 Å². The van der Waals surface area contributed by atoms with Crippen LogP contribution in [0, 0.1) is 0 Å². The number of amides is 1. The minimum Gasteiger partial charge on any atom is -0.494 e. The van der Waals surface area contributed by atoms with Crippen molar-refractivity contribution >= 4 is 33.4 Å². The molecule has 0 bridgehead atoms. The van der Waals surface area contributed by atoms with Crippen LogP contribution in [0.1, 0.15) is 20.8 Å². The van der Waals surface area contributed by atoms with E-state index in [0.717, 1.165) is 28.8 Å². The number of rotatable bonds is 4. The van der Waals surface area contributed by atoms with Gasteiger partial charge in [-0.1, -0.05) is 0 Å². The Morgan fingerprint density at radius 2 is 1.77 bits per heavy atom. The first-order chi connectivity index (χ1) is 10.6. The predicted octanol–water partition coefficient (Wildman–Crippen LogP) is 4.17. The maximum absolute atomic E-state index is 11.3. The Morgan fingerprint density at radius 3 is 2.41 bits per heavy atom. The zero-order chi connectivity index (χ0) is 15.7. The van der Waals surface area contributed by atoms with Gasteiger partial charge in [0.25, 0.3) is 0 Å². The summed E-state index contributed by atoms with van der Waals surface area (Å²) in [6.45, 7) is 7.18. The van der Waals surface area contributed by atoms with Crippen molar-refractivity contribution in [1.29, 1.82) is 0 Å². The first-order valence-electron chi connectivity index (χ1n) is 7.60. The summed E-state index contributed by atoms with van der Waals surface area (Å²) in [7, 11) is 0. The van der Waals surface area contributed by atoms with E-state index in [1.54, 1.807) is 0 Å². The molecule has 0 radical (unpaired) electrons. The quantitative estimate of drug-likeness (QED) is 0.785. The second-order valence-electron chi connectivity index (χ2n) is 5.27. The molecule has 0 spiro atoms. The molecule has 114 valence electrons. The van der Waals surface area contributed by atoms with Crippen molar-refractivity contribution in [3.05, 3.63) is 36.4 Å². The molecule has 0 unspecified atom stereocenters. The van der Waals surface area contributed by atoms with Crippen molar-refractivity contribution in [1.82, 2.24) is 4.57 Å². The summed E-state index contributed by atoms with van der Waals surface area (Å²) in [6, 6.07) is 12.2. The number of benzene rings is 2. The first kappa shape index (κ1) is 14.4. The number of carbonyl (C=O) groups excluding carboxylic acids is 1. The lowest BCUT2D eigenvalue weighted by Crippen LogP contribution is -2.05. The van der Waals surface area contributed by atoms with Gasteiger partial charge in [0.15, 0.2) is 0 Å². The van der Waals surface area contributed by atoms with Crippen LogP contribution in [-0.2, 0) is 11.3 Å². The molecule has 0 aliphatic carbocycles. The van der Waals surface area contributed by atoms with Gasteiger partial charge >= 0.3 is 0 Å². The third-order valence-corrected chi connectivity index (χ3v) is 3.78. The summed E-state index contributed by atoms with van der Waals surface area (Å²) in [4.78, 5) is 11.3. The van der Waals surface area contributed by atoms with Crippen molar-refractivity contribution in [3.8, 4) is 5.75 Å². The molecule has 1 N–H and O–H groups in total. The molecule has 2 aromatic carbocycles. The van der Waals surface area contributed by atoms with Gasteiger partial charge in [0.1, 0.15) is 5.75 Å². The van der Waals surface area contributed by atoms with Gasteiger partial charge in [-0.25, -0.2) is 0 Å². The summed E-state index contributed by atoms with van der Waals surface area (Å²) < 4.78 is 7.90. The van der Waals surface area contributed by atoms with Gasteiger partial charge in [-0.05, 0) is 50.2 Å². The molecule has 0 atom stereocenters. The lowest BCUT2D eigenvalue weighted by Gasteiger charge is -2.05. The van der Waals surface area contributed by atoms with Gasteiger partial charge in [-0.2, -0.15) is 0 Å². The van der Waals surface area contributed by atoms with Crippen LogP contribution in [0.15, 0.2) is 36.4 Å². The smallest absolute Gasteiger partial charge is 0.221 e. The summed E-state index contributed by atoms with van der Waals surface area (Å²) in [5, 5.41) is 5.13. The van der Waals surface area contributed by atoms with Crippen LogP contribution in [0.4, 0.5) is 5.69 Å². The molecule has 1 aromatic heterocycles. The van der Waals surface area contributed by atoms with Crippen LogP contribution in [0.5, 0.6) is 5.75 Å². The second kappa shape index (κ2) is 5.72. The Bertz CT molecular complexity index is 849. The van der Waals surface area contributed by atoms with E-state index >= 15 is 0 Å². The zero-order valence-corrected chi connectivity index (χ0v) is 13.1. The van der Waals surface area contributed by atoms with E-state index < -0.39 is 0 Å². The number of carbonyl (C=O) groups is 1. The van der Waals surface area contributed by atoms with Gasteiger partial charge < -0.3 is 14.6 Å². The zero-order valence-electron chi connectivity index (χ0n) is 13.1. The molecule has 0 fully saturated rings. The van der Waals surface area contributed by atoms with Gasteiger partial charge in [0.2, 0.25) is 5.91 Å². The number of aromatic nitrogens is 1. The highest BCUT2D eigenvalue weighted by atomic mass is 16.5. The van der Waals surface area contributed by atoms with Gasteiger partial charge in [-0.3, -0.25) is 4.79 Å². The molecule has 4 nitrogen and oxygen atoms in total. The molecule has 3 aromatic rings. The van der Waals surface area contributed by atoms with E-state index in [1.165, 1.54) is 18.0 Å². The number of nitrogens with zero attached hydrogens (tertiary/aromatic N) is 1. The Hall–Kier alpha value is -2.49. The summed E-state index contributed by atoms with van der Waals surface area (Å²) >= 11 is 0. The Labute approximate surface area is 129 Å². The fourth-order valence-corrected chi connectivity index (χ4v) is 2.96. The van der Waals surface area contributed by atoms with E-state index in [2.05, 4.69) is 35.0 Å². The van der Waals surface area contributed by atoms with Crippen LogP contribution in [0.2, 0.25) is 0 Å². The number of hydrogen-bond acceptors (Lipinski definition) is 2. The minimum absolute atomic E-state index is 0.0615. The molecule has 0 saturated heterocycles. The molecule has 22 heavy (non-hydrogen) atoms. The standard InChI is InChI=1S/C18H20N2O2/c1-4-20-17-8-6-13(19-12(3)21)10-15(17)16-11-14(22-5-2)7-9-18(16)20/h6-11H,4-5H2,1-3H3,(H,19,21). The average molecular weight is 296 g/mol. The molecular formula is C18H20N2O2. The fraction of sp³-hybridized carbons (Fsp3) is 0.278. The predicted molar refractivity (Wildman–Crippen MR) is 90.6 cm³/mol. The van der Waals surface area contributed by atoms with E-state index in [0.29, 0.717) is 6.61 Å². The van der Waals surface area contributed by atoms with Crippen LogP contribution < -0.4 is 10.1 Å². The van der Waals surface area contributed by atoms with Crippen LogP contribution in [0.25, 0.3) is 21.8 Å². The molecule has 3 rings (SSSR count). The maximum Gasteiger partial charge on any atom is 0.221 e. The van der Waals surface area contributed by atoms with Crippen molar-refractivity contribution < 1.29 is 9.53 Å². The largest absolute Gasteiger partial charge is 0.494 e. The third kappa shape index (κ3) is 2.41. The highest BCUT2D eigenvalue weighted by Gasteiger charge is 2.11. The van der Waals surface area contributed by atoms with Gasteiger partial charge in [0, 0.05) is 41.0 Å². The molecular weight excluding hydrogens is 276 g/mol. The summed E-state index contributed by atoms with van der Waals surface area (Å²) in [6.07, 6.45) is 0. The van der Waals surface area contributed by atoms with Crippen molar-refractivity contribution in [2.75, 3.05) is 11.9 Å². The maximum atomic E-state index is 11.3. The molecule has 0 saturated carbocycles. The van der Waals surface area contributed by atoms with Crippen LogP contribution >= 0.6 is 0 Å². The lowest BCUT2D eigenvalue weighted by molar-refractivity contribution is -0.114. The molecule has 0 aliphatic rings. The highest BCUT2D eigenvalue weighted by molar-refractivity contribution is 6.10. The first-order valence-corrected chi connectivity index (χ1v) is 7.60. The van der Waals surface area contributed by atoms with Crippen LogP contribution in [0.3, 0.4) is 0 Å². The second-order valence-corrected chi connectivity index (χ2v) is 5.27. The van der Waals surface area contributed by atoms with E-state index in [1.807, 2.05) is 25.1 Å². The SMILES string of the molecule is CCOc1ccc2c(c1)c1cc(NC(C)=O)ccc1n2CC. The van der Waals surface area contributed by atoms with E-state index in [-0.39, 0.29) is 5.91 Å². The Balaban J connectivity index is 2.27. The molecule has 0 aliphatic heterocycles. The normalized spacial score (nSPS) is 11.0. The minimum atomic E-state index is -0.0615. The topological polar surface area (TPSA) is 43.3 Å².